The van der Waals surface area contributed by atoms with E-state index in [1.54, 1.807) is 0 Å². The topological polar surface area (TPSA) is 15.3 Å². The quantitative estimate of drug-likeness (QED) is 0.802. The van der Waals surface area contributed by atoms with Crippen molar-refractivity contribution >= 4 is 11.6 Å². The van der Waals surface area contributed by atoms with Crippen molar-refractivity contribution in [3.05, 3.63) is 34.9 Å². The van der Waals surface area contributed by atoms with Crippen LogP contribution in [0.3, 0.4) is 0 Å². The Morgan fingerprint density at radius 1 is 1.08 bits per heavy atom. The predicted octanol–water partition coefficient (Wildman–Crippen LogP) is 5.11. The molecule has 0 unspecified atom stereocenters. The summed E-state index contributed by atoms with van der Waals surface area (Å²) < 4.78 is 0. The number of rotatable bonds is 4. The molecule has 1 N–H and O–H groups in total. The molecule has 2 bridgehead atoms. The van der Waals surface area contributed by atoms with E-state index in [1.807, 2.05) is 12.1 Å². The molecule has 0 radical (unpaired) electrons. The second-order valence-corrected chi connectivity index (χ2v) is 9.94. The highest BCUT2D eigenvalue weighted by Gasteiger charge is 2.61. The van der Waals surface area contributed by atoms with Gasteiger partial charge in [0.15, 0.2) is 0 Å². The Bertz CT molecular complexity index is 603. The zero-order valence-electron chi connectivity index (χ0n) is 16.0. The minimum atomic E-state index is 0.498. The molecule has 0 spiro atoms. The van der Waals surface area contributed by atoms with Crippen molar-refractivity contribution in [1.82, 2.24) is 10.2 Å². The van der Waals surface area contributed by atoms with Crippen LogP contribution in [-0.4, -0.2) is 30.1 Å². The van der Waals surface area contributed by atoms with Crippen molar-refractivity contribution in [3.63, 3.8) is 0 Å². The van der Waals surface area contributed by atoms with Gasteiger partial charge in [0, 0.05) is 23.7 Å². The first-order valence-corrected chi connectivity index (χ1v) is 10.5. The number of nitrogens with one attached hydrogen (secondary N) is 1. The molecule has 3 fully saturated rings. The molecule has 1 heterocycles. The van der Waals surface area contributed by atoms with Crippen molar-refractivity contribution in [2.45, 2.75) is 71.5 Å². The van der Waals surface area contributed by atoms with E-state index >= 15 is 0 Å². The summed E-state index contributed by atoms with van der Waals surface area (Å²) >= 11 is 5.99. The summed E-state index contributed by atoms with van der Waals surface area (Å²) in [7, 11) is 0. The monoisotopic (exact) mass is 360 g/mol. The Balaban J connectivity index is 1.29. The predicted molar refractivity (Wildman–Crippen MR) is 106 cm³/mol. The first kappa shape index (κ1) is 17.8. The maximum Gasteiger partial charge on any atom is 0.0406 e. The Labute approximate surface area is 158 Å². The third kappa shape index (κ3) is 3.15. The Morgan fingerprint density at radius 2 is 1.76 bits per heavy atom. The minimum absolute atomic E-state index is 0.498. The lowest BCUT2D eigenvalue weighted by Gasteiger charge is -2.42. The molecule has 1 saturated heterocycles. The van der Waals surface area contributed by atoms with Crippen molar-refractivity contribution in [2.24, 2.45) is 16.7 Å². The fourth-order valence-electron chi connectivity index (χ4n) is 5.85. The number of fused-ring (bicyclic) bond motifs is 2. The molecule has 0 amide bonds. The highest BCUT2D eigenvalue weighted by Crippen LogP contribution is 2.65. The molecule has 4 rings (SSSR count). The zero-order valence-corrected chi connectivity index (χ0v) is 16.8. The number of likely N-dealkylation sites (tertiary alicyclic amines) is 1. The summed E-state index contributed by atoms with van der Waals surface area (Å²) in [6.45, 7) is 11.0. The number of nitrogens with zero attached hydrogens (tertiary/aromatic N) is 1. The molecule has 3 atom stereocenters. The lowest BCUT2D eigenvalue weighted by atomic mass is 9.69. The summed E-state index contributed by atoms with van der Waals surface area (Å²) in [6, 6.07) is 9.76. The largest absolute Gasteiger partial charge is 0.311 e. The van der Waals surface area contributed by atoms with Crippen LogP contribution in [0, 0.1) is 16.7 Å². The third-order valence-electron chi connectivity index (χ3n) is 8.14. The molecule has 1 aromatic rings. The molecule has 138 valence electrons. The number of piperidine rings is 1. The van der Waals surface area contributed by atoms with Crippen molar-refractivity contribution in [3.8, 4) is 0 Å². The van der Waals surface area contributed by atoms with Gasteiger partial charge in [0.2, 0.25) is 0 Å². The summed E-state index contributed by atoms with van der Waals surface area (Å²) in [6.07, 6.45) is 6.82. The van der Waals surface area contributed by atoms with Crippen LogP contribution < -0.4 is 5.32 Å². The van der Waals surface area contributed by atoms with Gasteiger partial charge in [0.1, 0.15) is 0 Å². The van der Waals surface area contributed by atoms with Gasteiger partial charge in [-0.1, -0.05) is 44.5 Å². The summed E-state index contributed by atoms with van der Waals surface area (Å²) in [5.74, 6) is 0.931. The van der Waals surface area contributed by atoms with Gasteiger partial charge in [-0.3, -0.25) is 4.90 Å². The van der Waals surface area contributed by atoms with Crippen LogP contribution in [0.4, 0.5) is 0 Å². The number of benzene rings is 1. The molecule has 2 aliphatic carbocycles. The van der Waals surface area contributed by atoms with E-state index in [0.29, 0.717) is 16.9 Å². The molecule has 2 saturated carbocycles. The van der Waals surface area contributed by atoms with Crippen LogP contribution in [0.25, 0.3) is 0 Å². The van der Waals surface area contributed by atoms with Crippen LogP contribution >= 0.6 is 11.6 Å². The fraction of sp³-hybridized carbons (Fsp3) is 0.727. The van der Waals surface area contributed by atoms with Gasteiger partial charge in [0.25, 0.3) is 0 Å². The number of hydrogen-bond donors (Lipinski definition) is 1. The van der Waals surface area contributed by atoms with Crippen LogP contribution in [0.5, 0.6) is 0 Å². The SMILES string of the molecule is CC1(C)[C@@H]2CC[C@@]1(C)[C@H](NC1CCN(Cc3ccc(Cl)cc3)CC1)C2. The Kier molecular flexibility index (Phi) is 4.67. The Morgan fingerprint density at radius 3 is 2.32 bits per heavy atom. The highest BCUT2D eigenvalue weighted by atomic mass is 35.5. The van der Waals surface area contributed by atoms with E-state index in [-0.39, 0.29) is 0 Å². The highest BCUT2D eigenvalue weighted by molar-refractivity contribution is 6.30. The summed E-state index contributed by atoms with van der Waals surface area (Å²) in [4.78, 5) is 2.59. The maximum absolute atomic E-state index is 5.99. The van der Waals surface area contributed by atoms with Crippen molar-refractivity contribution < 1.29 is 0 Å². The Hall–Kier alpha value is -0.570. The molecule has 25 heavy (non-hydrogen) atoms. The molecular formula is C22H33ClN2. The third-order valence-corrected chi connectivity index (χ3v) is 8.39. The van der Waals surface area contributed by atoms with Gasteiger partial charge < -0.3 is 5.32 Å². The lowest BCUT2D eigenvalue weighted by Crippen LogP contribution is -2.51. The van der Waals surface area contributed by atoms with Gasteiger partial charge in [-0.25, -0.2) is 0 Å². The van der Waals surface area contributed by atoms with Gasteiger partial charge in [-0.2, -0.15) is 0 Å². The van der Waals surface area contributed by atoms with E-state index in [4.69, 9.17) is 11.6 Å². The second kappa shape index (κ2) is 6.55. The molecule has 3 heteroatoms. The van der Waals surface area contributed by atoms with Gasteiger partial charge in [0.05, 0.1) is 0 Å². The average Bonchev–Trinajstić information content (AvgIpc) is 2.92. The standard InChI is InChI=1S/C22H33ClN2/c1-21(2)17-8-11-22(21,3)20(14-17)24-19-9-12-25(13-10-19)15-16-4-6-18(23)7-5-16/h4-7,17,19-20,24H,8-15H2,1-3H3/t17-,20-,22+/m1/s1. The first-order chi connectivity index (χ1) is 11.9. The molecule has 0 aromatic heterocycles. The van der Waals surface area contributed by atoms with Crippen molar-refractivity contribution in [2.75, 3.05) is 13.1 Å². The normalized spacial score (nSPS) is 35.4. The van der Waals surface area contributed by atoms with E-state index in [1.165, 1.54) is 50.8 Å². The molecule has 2 nitrogen and oxygen atoms in total. The fourth-order valence-corrected chi connectivity index (χ4v) is 5.97. The summed E-state index contributed by atoms with van der Waals surface area (Å²) in [5, 5.41) is 4.92. The van der Waals surface area contributed by atoms with E-state index in [2.05, 4.69) is 43.1 Å². The van der Waals surface area contributed by atoms with Crippen molar-refractivity contribution in [1.29, 1.82) is 0 Å². The lowest BCUT2D eigenvalue weighted by molar-refractivity contribution is 0.103. The average molecular weight is 361 g/mol. The van der Waals surface area contributed by atoms with Gasteiger partial charge >= 0.3 is 0 Å². The zero-order chi connectivity index (χ0) is 17.7. The molecule has 1 aliphatic heterocycles. The maximum atomic E-state index is 5.99. The van der Waals surface area contributed by atoms with E-state index in [0.717, 1.165) is 23.5 Å². The van der Waals surface area contributed by atoms with E-state index < -0.39 is 0 Å². The van der Waals surface area contributed by atoms with Crippen LogP contribution in [-0.2, 0) is 6.54 Å². The van der Waals surface area contributed by atoms with E-state index in [9.17, 15) is 0 Å². The molecule has 1 aromatic carbocycles. The first-order valence-electron chi connectivity index (χ1n) is 10.1. The second-order valence-electron chi connectivity index (χ2n) is 9.51. The van der Waals surface area contributed by atoms with Gasteiger partial charge in [-0.05, 0) is 79.6 Å². The van der Waals surface area contributed by atoms with Crippen LogP contribution in [0.2, 0.25) is 5.02 Å². The van der Waals surface area contributed by atoms with Gasteiger partial charge in [-0.15, -0.1) is 0 Å². The number of hydrogen-bond acceptors (Lipinski definition) is 2. The molecular weight excluding hydrogens is 328 g/mol. The molecule has 3 aliphatic rings. The summed E-state index contributed by atoms with van der Waals surface area (Å²) in [5.41, 5.74) is 2.39. The van der Waals surface area contributed by atoms with Crippen LogP contribution in [0.15, 0.2) is 24.3 Å². The smallest absolute Gasteiger partial charge is 0.0406 e. The number of halogens is 1. The minimum Gasteiger partial charge on any atom is -0.311 e. The van der Waals surface area contributed by atoms with Crippen LogP contribution in [0.1, 0.15) is 58.4 Å².